The molecule has 1 aliphatic rings. The van der Waals surface area contributed by atoms with Crippen molar-refractivity contribution in [3.8, 4) is 0 Å². The van der Waals surface area contributed by atoms with E-state index in [1.807, 2.05) is 30.0 Å². The van der Waals surface area contributed by atoms with Crippen molar-refractivity contribution in [2.24, 2.45) is 5.14 Å². The molecule has 0 bridgehead atoms. The van der Waals surface area contributed by atoms with Crippen LogP contribution in [0.2, 0.25) is 0 Å². The van der Waals surface area contributed by atoms with E-state index in [9.17, 15) is 23.3 Å². The van der Waals surface area contributed by atoms with Gasteiger partial charge in [0.2, 0.25) is 10.0 Å². The van der Waals surface area contributed by atoms with Gasteiger partial charge in [-0.3, -0.25) is 14.9 Å². The van der Waals surface area contributed by atoms with Crippen molar-refractivity contribution in [2.75, 3.05) is 18.0 Å². The summed E-state index contributed by atoms with van der Waals surface area (Å²) in [7, 11) is -4.07. The van der Waals surface area contributed by atoms with Crippen LogP contribution in [0.3, 0.4) is 0 Å². The van der Waals surface area contributed by atoms with Crippen molar-refractivity contribution >= 4 is 27.3 Å². The van der Waals surface area contributed by atoms with Crippen molar-refractivity contribution in [3.63, 3.8) is 0 Å². The number of carbonyl (C=O) groups excluding carboxylic acids is 1. The summed E-state index contributed by atoms with van der Waals surface area (Å²) in [4.78, 5) is 24.6. The summed E-state index contributed by atoms with van der Waals surface area (Å²) in [6.07, 6.45) is 1.26. The summed E-state index contributed by atoms with van der Waals surface area (Å²) in [5.74, 6) is -0.131. The van der Waals surface area contributed by atoms with Gasteiger partial charge in [0.25, 0.3) is 11.6 Å². The first-order valence-electron chi connectivity index (χ1n) is 9.09. The van der Waals surface area contributed by atoms with Gasteiger partial charge in [0.1, 0.15) is 0 Å². The number of nitro benzene ring substituents is 1. The molecule has 9 nitrogen and oxygen atoms in total. The largest absolute Gasteiger partial charge is 0.371 e. The van der Waals surface area contributed by atoms with E-state index in [2.05, 4.69) is 5.32 Å². The SMILES string of the molecule is Cc1ccccc1C(=O)NC1CCN(c2cc([N+](=O)[O-])cc(S(N)(=O)=O)c2)CC1. The van der Waals surface area contributed by atoms with Crippen LogP contribution in [-0.4, -0.2) is 38.4 Å². The summed E-state index contributed by atoms with van der Waals surface area (Å²) in [5.41, 5.74) is 1.62. The van der Waals surface area contributed by atoms with Gasteiger partial charge >= 0.3 is 0 Å². The fourth-order valence-corrected chi connectivity index (χ4v) is 3.96. The number of benzene rings is 2. The molecule has 1 amide bonds. The number of hydrogen-bond acceptors (Lipinski definition) is 6. The number of rotatable bonds is 5. The minimum Gasteiger partial charge on any atom is -0.371 e. The Labute approximate surface area is 168 Å². The second kappa shape index (κ2) is 8.18. The van der Waals surface area contributed by atoms with Crippen molar-refractivity contribution in [1.82, 2.24) is 5.32 Å². The number of nitrogens with zero attached hydrogens (tertiary/aromatic N) is 2. The maximum Gasteiger partial charge on any atom is 0.272 e. The third-order valence-corrected chi connectivity index (χ3v) is 5.89. The molecular weight excluding hydrogens is 396 g/mol. The molecule has 0 aromatic heterocycles. The fourth-order valence-electron chi connectivity index (χ4n) is 3.39. The van der Waals surface area contributed by atoms with E-state index in [4.69, 9.17) is 5.14 Å². The monoisotopic (exact) mass is 418 g/mol. The summed E-state index contributed by atoms with van der Waals surface area (Å²) in [6, 6.07) is 10.9. The van der Waals surface area contributed by atoms with Crippen LogP contribution in [0.4, 0.5) is 11.4 Å². The number of carbonyl (C=O) groups is 1. The Bertz CT molecular complexity index is 1050. The Morgan fingerprint density at radius 3 is 2.45 bits per heavy atom. The molecule has 0 unspecified atom stereocenters. The number of nitro groups is 1. The zero-order valence-corrected chi connectivity index (χ0v) is 16.7. The fraction of sp³-hybridized carbons (Fsp3) is 0.316. The van der Waals surface area contributed by atoms with Crippen LogP contribution in [0.5, 0.6) is 0 Å². The molecule has 154 valence electrons. The van der Waals surface area contributed by atoms with Gasteiger partial charge in [-0.1, -0.05) is 18.2 Å². The summed E-state index contributed by atoms with van der Waals surface area (Å²) < 4.78 is 23.3. The molecule has 0 aliphatic carbocycles. The highest BCUT2D eigenvalue weighted by Gasteiger charge is 2.24. The third kappa shape index (κ3) is 4.90. The van der Waals surface area contributed by atoms with E-state index in [1.54, 1.807) is 6.07 Å². The van der Waals surface area contributed by atoms with Gasteiger partial charge in [-0.2, -0.15) is 0 Å². The molecule has 0 radical (unpaired) electrons. The highest BCUT2D eigenvalue weighted by atomic mass is 32.2. The van der Waals surface area contributed by atoms with Crippen LogP contribution in [0.1, 0.15) is 28.8 Å². The Hall–Kier alpha value is -2.98. The number of nitrogens with two attached hydrogens (primary N) is 1. The molecule has 10 heteroatoms. The molecule has 1 heterocycles. The second-order valence-electron chi connectivity index (χ2n) is 7.04. The normalized spacial score (nSPS) is 15.2. The predicted octanol–water partition coefficient (Wildman–Crippen LogP) is 1.95. The van der Waals surface area contributed by atoms with Crippen LogP contribution in [0.25, 0.3) is 0 Å². The van der Waals surface area contributed by atoms with Crippen molar-refractivity contribution in [2.45, 2.75) is 30.7 Å². The Morgan fingerprint density at radius 2 is 1.86 bits per heavy atom. The minimum absolute atomic E-state index is 0.0326. The standard InChI is InChI=1S/C19H22N4O5S/c1-13-4-2-3-5-18(13)19(24)21-14-6-8-22(9-7-14)15-10-16(23(25)26)12-17(11-15)29(20,27)28/h2-5,10-12,14H,6-9H2,1H3,(H,21,24)(H2,20,27,28). The average molecular weight is 418 g/mol. The van der Waals surface area contributed by atoms with Gasteiger partial charge in [0, 0.05) is 42.5 Å². The second-order valence-corrected chi connectivity index (χ2v) is 8.60. The lowest BCUT2D eigenvalue weighted by molar-refractivity contribution is -0.385. The smallest absolute Gasteiger partial charge is 0.272 e. The number of piperidine rings is 1. The highest BCUT2D eigenvalue weighted by Crippen LogP contribution is 2.28. The molecule has 3 N–H and O–H groups in total. The van der Waals surface area contributed by atoms with Crippen LogP contribution >= 0.6 is 0 Å². The lowest BCUT2D eigenvalue weighted by atomic mass is 10.0. The van der Waals surface area contributed by atoms with Crippen LogP contribution in [0.15, 0.2) is 47.4 Å². The maximum atomic E-state index is 12.5. The molecular formula is C19H22N4O5S. The number of hydrogen-bond donors (Lipinski definition) is 2. The number of primary sulfonamides is 1. The first-order valence-corrected chi connectivity index (χ1v) is 10.6. The lowest BCUT2D eigenvalue weighted by Gasteiger charge is -2.34. The van der Waals surface area contributed by atoms with Crippen molar-refractivity contribution in [1.29, 1.82) is 0 Å². The molecule has 1 saturated heterocycles. The van der Waals surface area contributed by atoms with E-state index < -0.39 is 14.9 Å². The van der Waals surface area contributed by atoms with Gasteiger partial charge in [0.05, 0.1) is 9.82 Å². The highest BCUT2D eigenvalue weighted by molar-refractivity contribution is 7.89. The van der Waals surface area contributed by atoms with Crippen LogP contribution in [0, 0.1) is 17.0 Å². The van der Waals surface area contributed by atoms with E-state index in [0.29, 0.717) is 37.2 Å². The van der Waals surface area contributed by atoms with E-state index in [0.717, 1.165) is 11.6 Å². The number of anilines is 1. The molecule has 0 saturated carbocycles. The van der Waals surface area contributed by atoms with Crippen LogP contribution in [-0.2, 0) is 10.0 Å². The molecule has 0 atom stereocenters. The quantitative estimate of drug-likeness (QED) is 0.563. The van der Waals surface area contributed by atoms with Gasteiger partial charge in [0.15, 0.2) is 0 Å². The summed E-state index contributed by atoms with van der Waals surface area (Å²) in [5, 5.41) is 19.3. The summed E-state index contributed by atoms with van der Waals surface area (Å²) in [6.45, 7) is 2.91. The number of amides is 1. The number of nitrogens with one attached hydrogen (secondary N) is 1. The van der Waals surface area contributed by atoms with E-state index in [-0.39, 0.29) is 22.5 Å². The molecule has 2 aromatic carbocycles. The third-order valence-electron chi connectivity index (χ3n) is 5.00. The minimum atomic E-state index is -4.07. The lowest BCUT2D eigenvalue weighted by Crippen LogP contribution is -2.44. The Morgan fingerprint density at radius 1 is 1.21 bits per heavy atom. The molecule has 0 spiro atoms. The molecule has 29 heavy (non-hydrogen) atoms. The number of aryl methyl sites for hydroxylation is 1. The molecule has 2 aromatic rings. The topological polar surface area (TPSA) is 136 Å². The Kier molecular flexibility index (Phi) is 5.85. The Balaban J connectivity index is 1.71. The first kappa shape index (κ1) is 20.7. The maximum absolute atomic E-state index is 12.5. The molecule has 1 fully saturated rings. The number of non-ortho nitro benzene ring substituents is 1. The average Bonchev–Trinajstić information content (AvgIpc) is 2.67. The van der Waals surface area contributed by atoms with Gasteiger partial charge < -0.3 is 10.2 Å². The summed E-state index contributed by atoms with van der Waals surface area (Å²) >= 11 is 0. The molecule has 1 aliphatic heterocycles. The zero-order valence-electron chi connectivity index (χ0n) is 15.9. The van der Waals surface area contributed by atoms with Gasteiger partial charge in [-0.05, 0) is 37.5 Å². The van der Waals surface area contributed by atoms with E-state index >= 15 is 0 Å². The number of sulfonamides is 1. The molecule has 3 rings (SSSR count). The van der Waals surface area contributed by atoms with Crippen LogP contribution < -0.4 is 15.4 Å². The van der Waals surface area contributed by atoms with Crippen molar-refractivity contribution < 1.29 is 18.1 Å². The first-order chi connectivity index (χ1) is 13.6. The van der Waals surface area contributed by atoms with Crippen molar-refractivity contribution in [3.05, 3.63) is 63.7 Å². The zero-order chi connectivity index (χ0) is 21.2. The van der Waals surface area contributed by atoms with E-state index in [1.165, 1.54) is 12.1 Å². The van der Waals surface area contributed by atoms with Gasteiger partial charge in [-0.15, -0.1) is 0 Å². The van der Waals surface area contributed by atoms with Gasteiger partial charge in [-0.25, -0.2) is 13.6 Å². The predicted molar refractivity (Wildman–Crippen MR) is 108 cm³/mol.